The zero-order valence-corrected chi connectivity index (χ0v) is 42.4. The van der Waals surface area contributed by atoms with Crippen molar-refractivity contribution in [3.8, 4) is 0 Å². The minimum atomic E-state index is -0.803. The van der Waals surface area contributed by atoms with E-state index in [1.807, 2.05) is 0 Å². The lowest BCUT2D eigenvalue weighted by molar-refractivity contribution is -0.151. The number of nitrogens with one attached hydrogen (secondary N) is 1. The summed E-state index contributed by atoms with van der Waals surface area (Å²) in [6.45, 7) is 6.46. The van der Waals surface area contributed by atoms with E-state index in [0.29, 0.717) is 19.3 Å². The van der Waals surface area contributed by atoms with Gasteiger partial charge in [0.1, 0.15) is 6.10 Å². The molecule has 0 bridgehead atoms. The van der Waals surface area contributed by atoms with E-state index in [-0.39, 0.29) is 24.9 Å². The average molecular weight is 896 g/mol. The standard InChI is InChI=1S/C58H105NO5/c1-4-7-10-13-16-19-22-25-27-29-32-34-37-40-43-46-49-54(64-58(63)51-48-45-42-39-36-33-30-28-26-23-20-17-14-11-8-5-2)52-57(62)59-55(53-60)56(61)50-47-44-41-38-35-31-24-21-18-15-12-9-6-3/h22,25,27-30,32-34,36,54-56,60-61H,4-21,23-24,26,31,35,37-53H2,1-3H3,(H,59,62)/b25-22+,29-27+,30-28+,34-32+,36-33+. The van der Waals surface area contributed by atoms with Crippen molar-refractivity contribution in [3.63, 3.8) is 0 Å². The number of allylic oxidation sites excluding steroid dienone is 10. The highest BCUT2D eigenvalue weighted by atomic mass is 16.5. The number of rotatable bonds is 49. The summed E-state index contributed by atoms with van der Waals surface area (Å²) in [7, 11) is 0. The van der Waals surface area contributed by atoms with Gasteiger partial charge in [0.25, 0.3) is 0 Å². The predicted molar refractivity (Wildman–Crippen MR) is 278 cm³/mol. The fourth-order valence-electron chi connectivity index (χ4n) is 8.19. The average Bonchev–Trinajstić information content (AvgIpc) is 3.29. The predicted octanol–water partition coefficient (Wildman–Crippen LogP) is 16.8. The zero-order chi connectivity index (χ0) is 46.7. The van der Waals surface area contributed by atoms with Crippen LogP contribution in [0.4, 0.5) is 0 Å². The summed E-state index contributed by atoms with van der Waals surface area (Å²) in [4.78, 5) is 26.2. The maximum absolute atomic E-state index is 13.2. The van der Waals surface area contributed by atoms with E-state index in [1.165, 1.54) is 141 Å². The van der Waals surface area contributed by atoms with Crippen molar-refractivity contribution in [1.29, 1.82) is 0 Å². The molecule has 6 heteroatoms. The summed E-state index contributed by atoms with van der Waals surface area (Å²) in [5, 5.41) is 23.8. The van der Waals surface area contributed by atoms with Crippen LogP contribution in [0.1, 0.15) is 271 Å². The van der Waals surface area contributed by atoms with Crippen LogP contribution in [0.25, 0.3) is 0 Å². The van der Waals surface area contributed by atoms with E-state index >= 15 is 0 Å². The molecule has 3 N–H and O–H groups in total. The fourth-order valence-corrected chi connectivity index (χ4v) is 8.19. The lowest BCUT2D eigenvalue weighted by Gasteiger charge is -2.24. The van der Waals surface area contributed by atoms with Crippen LogP contribution in [0.15, 0.2) is 60.8 Å². The molecule has 372 valence electrons. The number of carbonyl (C=O) groups is 2. The van der Waals surface area contributed by atoms with E-state index in [4.69, 9.17) is 4.74 Å². The van der Waals surface area contributed by atoms with Gasteiger partial charge in [0, 0.05) is 6.42 Å². The van der Waals surface area contributed by atoms with Crippen LogP contribution in [0.5, 0.6) is 0 Å². The molecule has 0 aromatic heterocycles. The number of carbonyl (C=O) groups excluding carboxylic acids is 2. The van der Waals surface area contributed by atoms with Gasteiger partial charge >= 0.3 is 5.97 Å². The van der Waals surface area contributed by atoms with Crippen LogP contribution in [-0.2, 0) is 14.3 Å². The highest BCUT2D eigenvalue weighted by Crippen LogP contribution is 2.17. The Morgan fingerprint density at radius 2 is 0.797 bits per heavy atom. The van der Waals surface area contributed by atoms with Crippen molar-refractivity contribution in [1.82, 2.24) is 5.32 Å². The van der Waals surface area contributed by atoms with Crippen LogP contribution < -0.4 is 5.32 Å². The minimum absolute atomic E-state index is 0.0436. The molecule has 0 aliphatic heterocycles. The van der Waals surface area contributed by atoms with Gasteiger partial charge in [-0.25, -0.2) is 0 Å². The minimum Gasteiger partial charge on any atom is -0.462 e. The molecule has 0 aromatic rings. The normalized spacial score (nSPS) is 13.6. The van der Waals surface area contributed by atoms with Gasteiger partial charge < -0.3 is 20.3 Å². The second kappa shape index (κ2) is 51.5. The molecule has 64 heavy (non-hydrogen) atoms. The zero-order valence-electron chi connectivity index (χ0n) is 42.4. The third kappa shape index (κ3) is 46.1. The molecule has 6 nitrogen and oxygen atoms in total. The Bertz CT molecular complexity index is 1140. The molecular weight excluding hydrogens is 791 g/mol. The molecule has 0 saturated carbocycles. The number of aliphatic hydroxyl groups is 2. The third-order valence-electron chi connectivity index (χ3n) is 12.4. The van der Waals surface area contributed by atoms with Gasteiger partial charge in [0.15, 0.2) is 0 Å². The second-order valence-electron chi connectivity index (χ2n) is 18.7. The largest absolute Gasteiger partial charge is 0.462 e. The molecule has 3 atom stereocenters. The van der Waals surface area contributed by atoms with Gasteiger partial charge in [-0.2, -0.15) is 0 Å². The highest BCUT2D eigenvalue weighted by Gasteiger charge is 2.24. The summed E-state index contributed by atoms with van der Waals surface area (Å²) in [5.41, 5.74) is 0. The molecule has 0 heterocycles. The first-order chi connectivity index (χ1) is 31.5. The maximum atomic E-state index is 13.2. The van der Waals surface area contributed by atoms with Crippen LogP contribution in [0, 0.1) is 0 Å². The number of unbranched alkanes of at least 4 members (excludes halogenated alkanes) is 30. The first-order valence-corrected chi connectivity index (χ1v) is 27.6. The first-order valence-electron chi connectivity index (χ1n) is 27.6. The topological polar surface area (TPSA) is 95.9 Å². The number of esters is 1. The Kier molecular flexibility index (Phi) is 49.6. The summed E-state index contributed by atoms with van der Waals surface area (Å²) >= 11 is 0. The van der Waals surface area contributed by atoms with E-state index in [9.17, 15) is 19.8 Å². The number of hydrogen-bond acceptors (Lipinski definition) is 5. The molecule has 0 fully saturated rings. The SMILES string of the molecule is CCCCCCC/C=C/C=C/C=C/CCCCCC(CC(=O)NC(CO)C(O)CCCCCCCCCCCCCCC)OC(=O)CCCCC/C=C/C=C/CCCCCCCCC. The van der Waals surface area contributed by atoms with Crippen molar-refractivity contribution < 1.29 is 24.5 Å². The summed E-state index contributed by atoms with van der Waals surface area (Å²) in [6, 6.07) is -0.720. The Balaban J connectivity index is 4.69. The highest BCUT2D eigenvalue weighted by molar-refractivity contribution is 5.77. The van der Waals surface area contributed by atoms with E-state index in [0.717, 1.165) is 83.5 Å². The Hall–Kier alpha value is -2.44. The van der Waals surface area contributed by atoms with E-state index in [2.05, 4.69) is 86.8 Å². The van der Waals surface area contributed by atoms with Crippen molar-refractivity contribution in [2.45, 2.75) is 289 Å². The molecule has 0 rings (SSSR count). The van der Waals surface area contributed by atoms with Crippen molar-refractivity contribution >= 4 is 11.9 Å². The lowest BCUT2D eigenvalue weighted by Crippen LogP contribution is -2.46. The number of hydrogen-bond donors (Lipinski definition) is 3. The molecule has 3 unspecified atom stereocenters. The van der Waals surface area contributed by atoms with E-state index in [1.54, 1.807) is 0 Å². The molecule has 0 radical (unpaired) electrons. The van der Waals surface area contributed by atoms with Gasteiger partial charge in [-0.15, -0.1) is 0 Å². The Morgan fingerprint density at radius 3 is 1.22 bits per heavy atom. The van der Waals surface area contributed by atoms with E-state index < -0.39 is 18.2 Å². The molecular formula is C58H105NO5. The van der Waals surface area contributed by atoms with Crippen molar-refractivity contribution in [2.24, 2.45) is 0 Å². The molecule has 1 amide bonds. The molecule has 0 aromatic carbocycles. The maximum Gasteiger partial charge on any atom is 0.306 e. The van der Waals surface area contributed by atoms with Crippen LogP contribution >= 0.6 is 0 Å². The Labute approximate surface area is 397 Å². The van der Waals surface area contributed by atoms with Gasteiger partial charge in [0.05, 0.1) is 25.2 Å². The number of aliphatic hydroxyl groups excluding tert-OH is 2. The molecule has 0 spiro atoms. The first kappa shape index (κ1) is 61.6. The summed E-state index contributed by atoms with van der Waals surface area (Å²) in [5.74, 6) is -0.534. The number of amides is 1. The quantitative estimate of drug-likeness (QED) is 0.0321. The third-order valence-corrected chi connectivity index (χ3v) is 12.4. The van der Waals surface area contributed by atoms with Gasteiger partial charge in [-0.05, 0) is 77.0 Å². The summed E-state index contributed by atoms with van der Waals surface area (Å²) < 4.78 is 5.92. The Morgan fingerprint density at radius 1 is 0.453 bits per heavy atom. The lowest BCUT2D eigenvalue weighted by atomic mass is 10.0. The van der Waals surface area contributed by atoms with Gasteiger partial charge in [-0.1, -0.05) is 242 Å². The summed E-state index contributed by atoms with van der Waals surface area (Å²) in [6.07, 6.45) is 64.2. The second-order valence-corrected chi connectivity index (χ2v) is 18.7. The number of ether oxygens (including phenoxy) is 1. The van der Waals surface area contributed by atoms with Crippen molar-refractivity contribution in [2.75, 3.05) is 6.61 Å². The van der Waals surface area contributed by atoms with Crippen molar-refractivity contribution in [3.05, 3.63) is 60.8 Å². The molecule has 0 aliphatic carbocycles. The van der Waals surface area contributed by atoms with Gasteiger partial charge in [-0.3, -0.25) is 9.59 Å². The van der Waals surface area contributed by atoms with Crippen LogP contribution in [-0.4, -0.2) is 46.9 Å². The fraction of sp³-hybridized carbons (Fsp3) is 0.793. The molecule has 0 aliphatic rings. The smallest absolute Gasteiger partial charge is 0.306 e. The molecule has 0 saturated heterocycles. The monoisotopic (exact) mass is 896 g/mol. The van der Waals surface area contributed by atoms with Crippen LogP contribution in [0.3, 0.4) is 0 Å². The van der Waals surface area contributed by atoms with Crippen LogP contribution in [0.2, 0.25) is 0 Å². The van der Waals surface area contributed by atoms with Gasteiger partial charge in [0.2, 0.25) is 5.91 Å².